The van der Waals surface area contributed by atoms with Crippen molar-refractivity contribution >= 4 is 46.3 Å². The molecular formula is C27H39NO5S2. The molecule has 0 saturated carbocycles. The monoisotopic (exact) mass is 521 g/mol. The van der Waals surface area contributed by atoms with Gasteiger partial charge < -0.3 is 14.6 Å². The third kappa shape index (κ3) is 8.24. The van der Waals surface area contributed by atoms with Crippen molar-refractivity contribution in [3.05, 3.63) is 28.7 Å². The average molecular weight is 522 g/mol. The minimum atomic E-state index is -1.04. The van der Waals surface area contributed by atoms with Gasteiger partial charge in [0.2, 0.25) is 0 Å². The Balaban J connectivity index is 2.17. The van der Waals surface area contributed by atoms with Gasteiger partial charge in [-0.2, -0.15) is 0 Å². The highest BCUT2D eigenvalue weighted by atomic mass is 32.2. The number of thiocarbonyl (C=S) groups is 1. The molecule has 194 valence electrons. The van der Waals surface area contributed by atoms with Crippen LogP contribution in [0.5, 0.6) is 11.5 Å². The van der Waals surface area contributed by atoms with E-state index in [4.69, 9.17) is 21.7 Å². The molecule has 1 saturated heterocycles. The van der Waals surface area contributed by atoms with Gasteiger partial charge in [0.1, 0.15) is 10.4 Å². The van der Waals surface area contributed by atoms with E-state index in [0.29, 0.717) is 29.4 Å². The molecule has 6 nitrogen and oxygen atoms in total. The number of carboxylic acid groups (broad SMARTS) is 1. The Hall–Kier alpha value is -2.06. The number of amides is 1. The van der Waals surface area contributed by atoms with E-state index in [9.17, 15) is 14.7 Å². The lowest BCUT2D eigenvalue weighted by Gasteiger charge is -2.27. The predicted octanol–water partition coefficient (Wildman–Crippen LogP) is 6.91. The van der Waals surface area contributed by atoms with Crippen molar-refractivity contribution in [1.29, 1.82) is 0 Å². The van der Waals surface area contributed by atoms with Crippen LogP contribution >= 0.6 is 24.0 Å². The Morgan fingerprint density at radius 1 is 1.14 bits per heavy atom. The van der Waals surface area contributed by atoms with Crippen molar-refractivity contribution in [3.63, 3.8) is 0 Å². The van der Waals surface area contributed by atoms with E-state index >= 15 is 0 Å². The molecule has 0 aliphatic carbocycles. The normalized spacial score (nSPS) is 17.5. The van der Waals surface area contributed by atoms with Crippen LogP contribution in [-0.2, 0) is 9.59 Å². The SMILES string of the molecule is CCCCCCCC(C)Oc1ccc(/C=C2/SC(=S)N(C(C(=O)O)C(C)CC)C2=O)cc1OCC. The molecule has 1 aromatic rings. The smallest absolute Gasteiger partial charge is 0.327 e. The molecule has 0 aromatic heterocycles. The third-order valence-electron chi connectivity index (χ3n) is 6.15. The van der Waals surface area contributed by atoms with Crippen LogP contribution in [-0.4, -0.2) is 45.0 Å². The molecule has 3 atom stereocenters. The number of aliphatic carboxylic acids is 1. The van der Waals surface area contributed by atoms with Crippen LogP contribution in [0.1, 0.15) is 85.1 Å². The lowest BCUT2D eigenvalue weighted by molar-refractivity contribution is -0.147. The summed E-state index contributed by atoms with van der Waals surface area (Å²) in [5.41, 5.74) is 0.768. The van der Waals surface area contributed by atoms with Gasteiger partial charge in [-0.25, -0.2) is 4.79 Å². The Labute approximate surface area is 219 Å². The van der Waals surface area contributed by atoms with Crippen molar-refractivity contribution in [2.45, 2.75) is 91.7 Å². The molecule has 0 radical (unpaired) electrons. The molecular weight excluding hydrogens is 482 g/mol. The summed E-state index contributed by atoms with van der Waals surface area (Å²) in [7, 11) is 0. The maximum Gasteiger partial charge on any atom is 0.327 e. The van der Waals surface area contributed by atoms with Gasteiger partial charge in [-0.3, -0.25) is 9.69 Å². The molecule has 1 aromatic carbocycles. The summed E-state index contributed by atoms with van der Waals surface area (Å²) >= 11 is 6.52. The van der Waals surface area contributed by atoms with E-state index in [0.717, 1.165) is 30.2 Å². The summed E-state index contributed by atoms with van der Waals surface area (Å²) in [5.74, 6) is -0.332. The topological polar surface area (TPSA) is 76.1 Å². The van der Waals surface area contributed by atoms with Gasteiger partial charge in [0, 0.05) is 0 Å². The van der Waals surface area contributed by atoms with Gasteiger partial charge in [0.25, 0.3) is 5.91 Å². The zero-order valence-corrected chi connectivity index (χ0v) is 23.2. The molecule has 1 N–H and O–H groups in total. The lowest BCUT2D eigenvalue weighted by atomic mass is 9.98. The number of carbonyl (C=O) groups is 2. The summed E-state index contributed by atoms with van der Waals surface area (Å²) in [6.45, 7) is 10.4. The minimum absolute atomic E-state index is 0.0754. The van der Waals surface area contributed by atoms with Crippen LogP contribution in [0.3, 0.4) is 0 Å². The molecule has 8 heteroatoms. The Morgan fingerprint density at radius 2 is 1.86 bits per heavy atom. The van der Waals surface area contributed by atoms with E-state index in [-0.39, 0.29) is 22.2 Å². The molecule has 1 fully saturated rings. The maximum absolute atomic E-state index is 13.1. The Bertz CT molecular complexity index is 917. The predicted molar refractivity (Wildman–Crippen MR) is 147 cm³/mol. The van der Waals surface area contributed by atoms with E-state index in [2.05, 4.69) is 13.8 Å². The molecule has 1 heterocycles. The number of hydrogen-bond donors (Lipinski definition) is 1. The lowest BCUT2D eigenvalue weighted by Crippen LogP contribution is -2.47. The summed E-state index contributed by atoms with van der Waals surface area (Å²) in [6.07, 6.45) is 9.56. The maximum atomic E-state index is 13.1. The summed E-state index contributed by atoms with van der Waals surface area (Å²) < 4.78 is 12.3. The standard InChI is InChI=1S/C27H39NO5S2/c1-6-9-10-11-12-13-19(5)33-21-15-14-20(16-22(21)32-8-3)17-23-25(29)28(27(34)35-23)24(26(30)31)18(4)7-2/h14-19,24H,6-13H2,1-5H3,(H,30,31)/b23-17+. The van der Waals surface area contributed by atoms with Gasteiger partial charge in [0.05, 0.1) is 17.6 Å². The van der Waals surface area contributed by atoms with Crippen LogP contribution < -0.4 is 9.47 Å². The van der Waals surface area contributed by atoms with E-state index in [1.165, 1.54) is 30.6 Å². The van der Waals surface area contributed by atoms with Crippen molar-refractivity contribution in [3.8, 4) is 11.5 Å². The van der Waals surface area contributed by atoms with Crippen LogP contribution in [0.15, 0.2) is 23.1 Å². The third-order valence-corrected chi connectivity index (χ3v) is 7.48. The number of ether oxygens (including phenoxy) is 2. The molecule has 1 aliphatic rings. The van der Waals surface area contributed by atoms with Crippen molar-refractivity contribution in [2.24, 2.45) is 5.92 Å². The molecule has 3 unspecified atom stereocenters. The van der Waals surface area contributed by atoms with Crippen LogP contribution in [0, 0.1) is 5.92 Å². The van der Waals surface area contributed by atoms with Gasteiger partial charge in [-0.05, 0) is 56.4 Å². The van der Waals surface area contributed by atoms with Crippen molar-refractivity contribution in [2.75, 3.05) is 6.61 Å². The molecule has 35 heavy (non-hydrogen) atoms. The second kappa shape index (κ2) is 14.5. The summed E-state index contributed by atoms with van der Waals surface area (Å²) in [5, 5.41) is 9.72. The average Bonchev–Trinajstić information content (AvgIpc) is 3.08. The second-order valence-corrected chi connectivity index (χ2v) is 10.7. The first-order valence-corrected chi connectivity index (χ1v) is 13.9. The van der Waals surface area contributed by atoms with Gasteiger partial charge in [-0.1, -0.05) is 82.9 Å². The molecule has 1 amide bonds. The number of unbranched alkanes of at least 4 members (excludes halogenated alkanes) is 4. The molecule has 0 spiro atoms. The number of nitrogens with zero attached hydrogens (tertiary/aromatic N) is 1. The first-order valence-electron chi connectivity index (χ1n) is 12.7. The summed E-state index contributed by atoms with van der Waals surface area (Å²) in [6, 6.07) is 4.62. The number of thioether (sulfide) groups is 1. The van der Waals surface area contributed by atoms with Crippen LogP contribution in [0.4, 0.5) is 0 Å². The molecule has 2 rings (SSSR count). The number of carbonyl (C=O) groups excluding carboxylic acids is 1. The number of hydrogen-bond acceptors (Lipinski definition) is 6. The van der Waals surface area contributed by atoms with E-state index in [1.807, 2.05) is 39.0 Å². The van der Waals surface area contributed by atoms with Gasteiger partial charge in [-0.15, -0.1) is 0 Å². The minimum Gasteiger partial charge on any atom is -0.490 e. The second-order valence-electron chi connectivity index (χ2n) is 8.99. The molecule has 1 aliphatic heterocycles. The molecule has 0 bridgehead atoms. The highest BCUT2D eigenvalue weighted by Crippen LogP contribution is 2.37. The van der Waals surface area contributed by atoms with Crippen LogP contribution in [0.2, 0.25) is 0 Å². The summed E-state index contributed by atoms with van der Waals surface area (Å²) in [4.78, 5) is 26.6. The highest BCUT2D eigenvalue weighted by molar-refractivity contribution is 8.26. The van der Waals surface area contributed by atoms with E-state index in [1.54, 1.807) is 6.08 Å². The zero-order chi connectivity index (χ0) is 26.0. The van der Waals surface area contributed by atoms with Crippen molar-refractivity contribution in [1.82, 2.24) is 4.90 Å². The Morgan fingerprint density at radius 3 is 2.49 bits per heavy atom. The quantitative estimate of drug-likeness (QED) is 0.153. The number of carboxylic acids is 1. The zero-order valence-electron chi connectivity index (χ0n) is 21.5. The Kier molecular flexibility index (Phi) is 12.1. The first kappa shape index (κ1) is 29.2. The number of benzene rings is 1. The van der Waals surface area contributed by atoms with Gasteiger partial charge in [0.15, 0.2) is 11.5 Å². The first-order chi connectivity index (χ1) is 16.7. The van der Waals surface area contributed by atoms with Crippen molar-refractivity contribution < 1.29 is 24.2 Å². The largest absolute Gasteiger partial charge is 0.490 e. The fourth-order valence-corrected chi connectivity index (χ4v) is 5.32. The van der Waals surface area contributed by atoms with Crippen LogP contribution in [0.25, 0.3) is 6.08 Å². The highest BCUT2D eigenvalue weighted by Gasteiger charge is 2.42. The fraction of sp³-hybridized carbons (Fsp3) is 0.593. The fourth-order valence-electron chi connectivity index (χ4n) is 3.99. The number of rotatable bonds is 15. The van der Waals surface area contributed by atoms with Gasteiger partial charge >= 0.3 is 5.97 Å². The van der Waals surface area contributed by atoms with E-state index < -0.39 is 12.0 Å².